The van der Waals surface area contributed by atoms with Gasteiger partial charge in [0.05, 0.1) is 10.0 Å². The second-order valence-electron chi connectivity index (χ2n) is 5.57. The molecule has 3 aromatic rings. The van der Waals surface area contributed by atoms with Crippen LogP contribution in [0.25, 0.3) is 0 Å². The van der Waals surface area contributed by atoms with Gasteiger partial charge in [0.25, 0.3) is 5.91 Å². The van der Waals surface area contributed by atoms with E-state index in [2.05, 4.69) is 10.3 Å². The van der Waals surface area contributed by atoms with Crippen molar-refractivity contribution in [1.29, 1.82) is 0 Å². The third-order valence-corrected chi connectivity index (χ3v) is 4.80. The first kappa shape index (κ1) is 19.2. The number of hydrogen-bond donors (Lipinski definition) is 1. The van der Waals surface area contributed by atoms with Gasteiger partial charge in [-0.3, -0.25) is 4.79 Å². The quantitative estimate of drug-likeness (QED) is 0.553. The van der Waals surface area contributed by atoms with Crippen molar-refractivity contribution in [2.45, 2.75) is 10.8 Å². The van der Waals surface area contributed by atoms with Gasteiger partial charge in [0.15, 0.2) is 6.61 Å². The molecule has 1 N–H and O–H groups in total. The Hall–Kier alpha value is -2.57. The molecule has 0 radical (unpaired) electrons. The summed E-state index contributed by atoms with van der Waals surface area (Å²) in [7, 11) is 0. The molecule has 2 aromatic carbocycles. The predicted octanol–water partition coefficient (Wildman–Crippen LogP) is 5.18. The summed E-state index contributed by atoms with van der Waals surface area (Å²) in [4.78, 5) is 16.3. The first-order valence-electron chi connectivity index (χ1n) is 8.10. The minimum Gasteiger partial charge on any atom is -0.484 e. The van der Waals surface area contributed by atoms with Crippen LogP contribution in [0.15, 0.2) is 71.9 Å². The zero-order valence-corrected chi connectivity index (χ0v) is 15.8. The van der Waals surface area contributed by atoms with E-state index >= 15 is 0 Å². The van der Waals surface area contributed by atoms with E-state index in [4.69, 9.17) is 16.3 Å². The van der Waals surface area contributed by atoms with E-state index in [9.17, 15) is 9.18 Å². The number of ether oxygens (including phenoxy) is 1. The van der Waals surface area contributed by atoms with Crippen molar-refractivity contribution in [3.63, 3.8) is 0 Å². The molecule has 4 nitrogen and oxygen atoms in total. The number of nitrogens with zero attached hydrogens (tertiary/aromatic N) is 1. The fourth-order valence-corrected chi connectivity index (χ4v) is 3.22. The van der Waals surface area contributed by atoms with E-state index in [1.807, 2.05) is 42.5 Å². The number of amides is 1. The second kappa shape index (κ2) is 9.39. The van der Waals surface area contributed by atoms with Crippen molar-refractivity contribution in [1.82, 2.24) is 4.98 Å². The first-order chi connectivity index (χ1) is 13.1. The van der Waals surface area contributed by atoms with E-state index in [0.717, 1.165) is 16.3 Å². The Balaban J connectivity index is 1.52. The van der Waals surface area contributed by atoms with E-state index in [0.29, 0.717) is 11.4 Å². The number of anilines is 1. The minimum atomic E-state index is -0.533. The smallest absolute Gasteiger partial charge is 0.262 e. The Morgan fingerprint density at radius 1 is 1.15 bits per heavy atom. The van der Waals surface area contributed by atoms with Gasteiger partial charge in [-0.2, -0.15) is 0 Å². The van der Waals surface area contributed by atoms with Crippen molar-refractivity contribution in [3.05, 3.63) is 83.3 Å². The topological polar surface area (TPSA) is 51.2 Å². The van der Waals surface area contributed by atoms with Crippen molar-refractivity contribution in [3.8, 4) is 5.75 Å². The summed E-state index contributed by atoms with van der Waals surface area (Å²) in [5.41, 5.74) is 1.74. The van der Waals surface area contributed by atoms with Gasteiger partial charge in [-0.05, 0) is 42.0 Å². The standard InChI is InChI=1S/C20H16ClFN2O2S/c21-17-11-16(7-8-18(17)22)26-12-19(25)24-15-5-3-4-14(10-15)13-27-20-6-1-2-9-23-20/h1-11H,12-13H2,(H,24,25). The van der Waals surface area contributed by atoms with Crippen molar-refractivity contribution < 1.29 is 13.9 Å². The zero-order chi connectivity index (χ0) is 19.1. The van der Waals surface area contributed by atoms with Crippen LogP contribution in [0.5, 0.6) is 5.75 Å². The summed E-state index contributed by atoms with van der Waals surface area (Å²) in [5, 5.41) is 3.67. The number of benzene rings is 2. The number of rotatable bonds is 7. The lowest BCUT2D eigenvalue weighted by atomic mass is 10.2. The lowest BCUT2D eigenvalue weighted by molar-refractivity contribution is -0.118. The van der Waals surface area contributed by atoms with Crippen molar-refractivity contribution in [2.75, 3.05) is 11.9 Å². The highest BCUT2D eigenvalue weighted by Crippen LogP contribution is 2.23. The Morgan fingerprint density at radius 2 is 2.04 bits per heavy atom. The maximum Gasteiger partial charge on any atom is 0.262 e. The molecule has 0 fully saturated rings. The molecule has 1 amide bonds. The molecule has 3 rings (SSSR count). The third kappa shape index (κ3) is 5.98. The lowest BCUT2D eigenvalue weighted by Crippen LogP contribution is -2.20. The molecule has 0 aliphatic carbocycles. The summed E-state index contributed by atoms with van der Waals surface area (Å²) < 4.78 is 18.5. The molecule has 27 heavy (non-hydrogen) atoms. The lowest BCUT2D eigenvalue weighted by Gasteiger charge is -2.09. The number of halogens is 2. The molecule has 0 aliphatic heterocycles. The normalized spacial score (nSPS) is 10.4. The van der Waals surface area contributed by atoms with Crippen molar-refractivity contribution in [2.24, 2.45) is 0 Å². The molecule has 0 bridgehead atoms. The molecule has 138 valence electrons. The number of nitrogens with one attached hydrogen (secondary N) is 1. The molecular formula is C20H16ClFN2O2S. The fourth-order valence-electron chi connectivity index (χ4n) is 2.24. The third-order valence-electron chi connectivity index (χ3n) is 3.50. The van der Waals surface area contributed by atoms with Gasteiger partial charge in [-0.1, -0.05) is 29.8 Å². The van der Waals surface area contributed by atoms with Gasteiger partial charge in [0.2, 0.25) is 0 Å². The van der Waals surface area contributed by atoms with Gasteiger partial charge < -0.3 is 10.1 Å². The van der Waals surface area contributed by atoms with Crippen LogP contribution >= 0.6 is 23.4 Å². The molecule has 0 saturated heterocycles. The zero-order valence-electron chi connectivity index (χ0n) is 14.2. The van der Waals surface area contributed by atoms with Gasteiger partial charge >= 0.3 is 0 Å². The van der Waals surface area contributed by atoms with E-state index < -0.39 is 5.82 Å². The van der Waals surface area contributed by atoms with Crippen LogP contribution in [0.3, 0.4) is 0 Å². The second-order valence-corrected chi connectivity index (χ2v) is 6.97. The molecule has 7 heteroatoms. The van der Waals surface area contributed by atoms with Crippen LogP contribution in [0.2, 0.25) is 5.02 Å². The number of thioether (sulfide) groups is 1. The number of pyridine rings is 1. The van der Waals surface area contributed by atoms with E-state index in [-0.39, 0.29) is 17.5 Å². The summed E-state index contributed by atoms with van der Waals surface area (Å²) in [6.45, 7) is -0.200. The number of aromatic nitrogens is 1. The molecule has 0 spiro atoms. The molecule has 0 unspecified atom stereocenters. The van der Waals surface area contributed by atoms with Crippen LogP contribution < -0.4 is 10.1 Å². The minimum absolute atomic E-state index is 0.0500. The monoisotopic (exact) mass is 402 g/mol. The van der Waals surface area contributed by atoms with E-state index in [1.54, 1.807) is 18.0 Å². The highest BCUT2D eigenvalue weighted by atomic mass is 35.5. The molecule has 0 aliphatic rings. The molecule has 0 saturated carbocycles. The summed E-state index contributed by atoms with van der Waals surface area (Å²) >= 11 is 7.31. The Kier molecular flexibility index (Phi) is 6.68. The molecular weight excluding hydrogens is 387 g/mol. The predicted molar refractivity (Wildman–Crippen MR) is 106 cm³/mol. The van der Waals surface area contributed by atoms with Gasteiger partial charge in [0, 0.05) is 23.7 Å². The van der Waals surface area contributed by atoms with Crippen molar-refractivity contribution >= 4 is 35.0 Å². The van der Waals surface area contributed by atoms with Gasteiger partial charge in [-0.25, -0.2) is 9.37 Å². The number of carbonyl (C=O) groups is 1. The first-order valence-corrected chi connectivity index (χ1v) is 9.47. The summed E-state index contributed by atoms with van der Waals surface area (Å²) in [6.07, 6.45) is 1.76. The van der Waals surface area contributed by atoms with Crippen LogP contribution in [-0.4, -0.2) is 17.5 Å². The average Bonchev–Trinajstić information content (AvgIpc) is 2.68. The highest BCUT2D eigenvalue weighted by Gasteiger charge is 2.07. The van der Waals surface area contributed by atoms with Gasteiger partial charge in [0.1, 0.15) is 11.6 Å². The molecule has 1 aromatic heterocycles. The number of hydrogen-bond acceptors (Lipinski definition) is 4. The van der Waals surface area contributed by atoms with E-state index in [1.165, 1.54) is 18.2 Å². The van der Waals surface area contributed by atoms with Gasteiger partial charge in [-0.15, -0.1) is 11.8 Å². The maximum atomic E-state index is 13.1. The maximum absolute atomic E-state index is 13.1. The largest absolute Gasteiger partial charge is 0.484 e. The average molecular weight is 403 g/mol. The van der Waals surface area contributed by atoms with Crippen LogP contribution in [0, 0.1) is 5.82 Å². The van der Waals surface area contributed by atoms with Crippen LogP contribution in [0.4, 0.5) is 10.1 Å². The fraction of sp³-hybridized carbons (Fsp3) is 0.100. The molecule has 1 heterocycles. The summed E-state index contributed by atoms with van der Waals surface area (Å²) in [6, 6.07) is 17.3. The van der Waals surface area contributed by atoms with Crippen LogP contribution in [-0.2, 0) is 10.5 Å². The number of carbonyl (C=O) groups excluding carboxylic acids is 1. The highest BCUT2D eigenvalue weighted by molar-refractivity contribution is 7.98. The molecule has 0 atom stereocenters. The van der Waals surface area contributed by atoms with Crippen LogP contribution in [0.1, 0.15) is 5.56 Å². The Morgan fingerprint density at radius 3 is 2.81 bits per heavy atom. The Bertz CT molecular complexity index is 925. The Labute approximate surface area is 165 Å². The summed E-state index contributed by atoms with van der Waals surface area (Å²) in [5.74, 6) is 0.224. The SMILES string of the molecule is O=C(COc1ccc(F)c(Cl)c1)Nc1cccc(CSc2ccccn2)c1.